The molecule has 0 heterocycles. The zero-order valence-electron chi connectivity index (χ0n) is 6.88. The van der Waals surface area contributed by atoms with Gasteiger partial charge in [0.05, 0.1) is 0 Å². The molecule has 5 heteroatoms. The van der Waals surface area contributed by atoms with Crippen molar-refractivity contribution in [2.75, 3.05) is 6.54 Å². The molecule has 0 amide bonds. The third-order valence-corrected chi connectivity index (χ3v) is 1.54. The Bertz CT molecular complexity index is 321. The lowest BCUT2D eigenvalue weighted by molar-refractivity contribution is -0.462. The summed E-state index contributed by atoms with van der Waals surface area (Å²) in [6, 6.07) is 8.84. The Hall–Kier alpha value is -1.91. The molecule has 2 N–H and O–H groups in total. The van der Waals surface area contributed by atoms with E-state index in [4.69, 9.17) is 5.84 Å². The molecular weight excluding hydrogens is 170 g/mol. The van der Waals surface area contributed by atoms with Crippen molar-refractivity contribution >= 4 is 5.71 Å². The Labute approximate surface area is 75.0 Å². The summed E-state index contributed by atoms with van der Waals surface area (Å²) in [7, 11) is 0. The molecule has 0 saturated carbocycles. The summed E-state index contributed by atoms with van der Waals surface area (Å²) in [5.74, 6) is 5.04. The van der Waals surface area contributed by atoms with Gasteiger partial charge in [-0.05, 0) is 0 Å². The Kier molecular flexibility index (Phi) is 2.97. The average molecular weight is 179 g/mol. The van der Waals surface area contributed by atoms with Crippen LogP contribution in [0.1, 0.15) is 5.56 Å². The molecule has 1 rings (SSSR count). The Morgan fingerprint density at radius 2 is 2.08 bits per heavy atom. The predicted molar refractivity (Wildman–Crippen MR) is 49.0 cm³/mol. The fourth-order valence-electron chi connectivity index (χ4n) is 0.959. The van der Waals surface area contributed by atoms with Gasteiger partial charge in [-0.2, -0.15) is 5.10 Å². The van der Waals surface area contributed by atoms with Crippen LogP contribution >= 0.6 is 0 Å². The van der Waals surface area contributed by atoms with Crippen LogP contribution in [0.15, 0.2) is 35.4 Å². The van der Waals surface area contributed by atoms with E-state index in [2.05, 4.69) is 5.10 Å². The lowest BCUT2D eigenvalue weighted by Gasteiger charge is -1.98. The number of hydrogen-bond donors (Lipinski definition) is 1. The van der Waals surface area contributed by atoms with Crippen LogP contribution in [0, 0.1) is 10.1 Å². The van der Waals surface area contributed by atoms with Gasteiger partial charge in [0.15, 0.2) is 0 Å². The summed E-state index contributed by atoms with van der Waals surface area (Å²) in [6.45, 7) is -0.347. The number of hydrazone groups is 1. The molecule has 0 unspecified atom stereocenters. The smallest absolute Gasteiger partial charge is 0.247 e. The number of rotatable bonds is 3. The van der Waals surface area contributed by atoms with E-state index in [-0.39, 0.29) is 12.3 Å². The van der Waals surface area contributed by atoms with Crippen molar-refractivity contribution in [3.05, 3.63) is 46.0 Å². The fraction of sp³-hybridized carbons (Fsp3) is 0.125. The largest absolute Gasteiger partial charge is 0.323 e. The van der Waals surface area contributed by atoms with Gasteiger partial charge in [0, 0.05) is 10.5 Å². The van der Waals surface area contributed by atoms with Crippen molar-refractivity contribution in [2.24, 2.45) is 10.9 Å². The second kappa shape index (κ2) is 4.20. The molecule has 0 aliphatic rings. The molecule has 0 spiro atoms. The molecule has 0 fully saturated rings. The molecule has 0 aromatic heterocycles. The molecule has 0 saturated heterocycles. The molecular formula is C8H9N3O2. The number of nitrogens with zero attached hydrogens (tertiary/aromatic N) is 2. The van der Waals surface area contributed by atoms with Crippen LogP contribution in [0.2, 0.25) is 0 Å². The lowest BCUT2D eigenvalue weighted by atomic mass is 10.1. The molecule has 1 aromatic rings. The molecule has 0 radical (unpaired) electrons. The first-order valence-corrected chi connectivity index (χ1v) is 3.68. The van der Waals surface area contributed by atoms with Crippen LogP contribution in [0.3, 0.4) is 0 Å². The zero-order chi connectivity index (χ0) is 9.68. The van der Waals surface area contributed by atoms with E-state index in [9.17, 15) is 10.1 Å². The van der Waals surface area contributed by atoms with Gasteiger partial charge < -0.3 is 5.84 Å². The van der Waals surface area contributed by atoms with Crippen LogP contribution in [0.4, 0.5) is 0 Å². The topological polar surface area (TPSA) is 81.5 Å². The van der Waals surface area contributed by atoms with Gasteiger partial charge in [0.1, 0.15) is 5.71 Å². The van der Waals surface area contributed by atoms with Crippen molar-refractivity contribution in [3.63, 3.8) is 0 Å². The minimum atomic E-state index is -0.460. The van der Waals surface area contributed by atoms with E-state index in [0.717, 1.165) is 0 Å². The van der Waals surface area contributed by atoms with Gasteiger partial charge >= 0.3 is 0 Å². The predicted octanol–water partition coefficient (Wildman–Crippen LogP) is 0.626. The number of hydrogen-bond acceptors (Lipinski definition) is 4. The molecule has 13 heavy (non-hydrogen) atoms. The molecule has 1 aromatic carbocycles. The normalized spacial score (nSPS) is 11.2. The Balaban J connectivity index is 2.86. The standard InChI is InChI=1S/C8H9N3O2/c9-10-8(6-11(12)13)7-4-2-1-3-5-7/h1-5H,6,9H2/b10-8+. The van der Waals surface area contributed by atoms with Crippen molar-refractivity contribution in [1.82, 2.24) is 0 Å². The van der Waals surface area contributed by atoms with E-state index in [1.54, 1.807) is 24.3 Å². The maximum absolute atomic E-state index is 10.2. The molecule has 0 aliphatic carbocycles. The molecule has 0 atom stereocenters. The molecule has 68 valence electrons. The van der Waals surface area contributed by atoms with Crippen molar-refractivity contribution in [2.45, 2.75) is 0 Å². The highest BCUT2D eigenvalue weighted by Crippen LogP contribution is 2.00. The number of benzene rings is 1. The SMILES string of the molecule is N/N=C(\C[N+](=O)[O-])c1ccccc1. The van der Waals surface area contributed by atoms with Crippen LogP contribution in [0.25, 0.3) is 0 Å². The number of nitrogens with two attached hydrogens (primary N) is 1. The van der Waals surface area contributed by atoms with Gasteiger partial charge in [0.25, 0.3) is 0 Å². The summed E-state index contributed by atoms with van der Waals surface area (Å²) in [5, 5.41) is 13.6. The van der Waals surface area contributed by atoms with Crippen molar-refractivity contribution in [1.29, 1.82) is 0 Å². The minimum absolute atomic E-state index is 0.283. The summed E-state index contributed by atoms with van der Waals surface area (Å²) < 4.78 is 0. The van der Waals surface area contributed by atoms with E-state index >= 15 is 0 Å². The van der Waals surface area contributed by atoms with Gasteiger partial charge in [-0.15, -0.1) is 0 Å². The highest BCUT2D eigenvalue weighted by Gasteiger charge is 2.08. The van der Waals surface area contributed by atoms with Gasteiger partial charge in [-0.1, -0.05) is 30.3 Å². The maximum Gasteiger partial charge on any atom is 0.247 e. The zero-order valence-corrected chi connectivity index (χ0v) is 6.88. The third-order valence-electron chi connectivity index (χ3n) is 1.54. The molecule has 0 aliphatic heterocycles. The summed E-state index contributed by atoms with van der Waals surface area (Å²) in [5.41, 5.74) is 0.965. The van der Waals surface area contributed by atoms with E-state index in [0.29, 0.717) is 5.56 Å². The van der Waals surface area contributed by atoms with E-state index in [1.807, 2.05) is 6.07 Å². The van der Waals surface area contributed by atoms with Crippen molar-refractivity contribution < 1.29 is 4.92 Å². The first kappa shape index (κ1) is 9.18. The Morgan fingerprint density at radius 1 is 1.46 bits per heavy atom. The molecule has 0 bridgehead atoms. The summed E-state index contributed by atoms with van der Waals surface area (Å²) >= 11 is 0. The Morgan fingerprint density at radius 3 is 2.54 bits per heavy atom. The quantitative estimate of drug-likeness (QED) is 0.319. The first-order valence-electron chi connectivity index (χ1n) is 3.68. The molecule has 5 nitrogen and oxygen atoms in total. The monoisotopic (exact) mass is 179 g/mol. The van der Waals surface area contributed by atoms with Crippen LogP contribution in [-0.4, -0.2) is 17.2 Å². The van der Waals surface area contributed by atoms with Gasteiger partial charge in [0.2, 0.25) is 6.54 Å². The highest BCUT2D eigenvalue weighted by atomic mass is 16.6. The fourth-order valence-corrected chi connectivity index (χ4v) is 0.959. The van der Waals surface area contributed by atoms with Crippen LogP contribution in [0.5, 0.6) is 0 Å². The highest BCUT2D eigenvalue weighted by molar-refractivity contribution is 6.01. The second-order valence-electron chi connectivity index (χ2n) is 2.43. The van der Waals surface area contributed by atoms with E-state index in [1.165, 1.54) is 0 Å². The van der Waals surface area contributed by atoms with Crippen LogP contribution in [-0.2, 0) is 0 Å². The van der Waals surface area contributed by atoms with Gasteiger partial charge in [-0.3, -0.25) is 10.1 Å². The van der Waals surface area contributed by atoms with E-state index < -0.39 is 4.92 Å². The maximum atomic E-state index is 10.2. The summed E-state index contributed by atoms with van der Waals surface area (Å²) in [4.78, 5) is 9.75. The minimum Gasteiger partial charge on any atom is -0.323 e. The number of nitro groups is 1. The van der Waals surface area contributed by atoms with Crippen molar-refractivity contribution in [3.8, 4) is 0 Å². The van der Waals surface area contributed by atoms with Crippen LogP contribution < -0.4 is 5.84 Å². The third kappa shape index (κ3) is 2.55. The second-order valence-corrected chi connectivity index (χ2v) is 2.43. The average Bonchev–Trinajstić information content (AvgIpc) is 2.15. The lowest BCUT2D eigenvalue weighted by Crippen LogP contribution is -2.16. The first-order chi connectivity index (χ1) is 6.24. The summed E-state index contributed by atoms with van der Waals surface area (Å²) in [6.07, 6.45) is 0. The van der Waals surface area contributed by atoms with Gasteiger partial charge in [-0.25, -0.2) is 0 Å².